The van der Waals surface area contributed by atoms with E-state index in [4.69, 9.17) is 0 Å². The van der Waals surface area contributed by atoms with Crippen LogP contribution in [0.5, 0.6) is 0 Å². The molecule has 0 saturated heterocycles. The molecule has 2 rings (SSSR count). The zero-order valence-corrected chi connectivity index (χ0v) is 14.4. The minimum absolute atomic E-state index is 0.0148. The summed E-state index contributed by atoms with van der Waals surface area (Å²) in [6, 6.07) is 17.9. The summed E-state index contributed by atoms with van der Waals surface area (Å²) in [5.74, 6) is 0.0482. The van der Waals surface area contributed by atoms with Crippen molar-refractivity contribution in [3.05, 3.63) is 64.6 Å². The number of carbonyl (C=O) groups excluding carboxylic acids is 1. The van der Waals surface area contributed by atoms with Gasteiger partial charge in [0.15, 0.2) is 0 Å². The molecule has 0 saturated carbocycles. The predicted octanol–water partition coefficient (Wildman–Crippen LogP) is 4.81. The molecule has 0 fully saturated rings. The number of rotatable bonds is 5. The SMILES string of the molecule is CC(Sc1ccccc1Br)C(=O)NC(C)c1ccccc1. The van der Waals surface area contributed by atoms with Gasteiger partial charge in [-0.05, 0) is 47.5 Å². The largest absolute Gasteiger partial charge is 0.349 e. The van der Waals surface area contributed by atoms with Crippen LogP contribution in [0.25, 0.3) is 0 Å². The van der Waals surface area contributed by atoms with Gasteiger partial charge in [0.05, 0.1) is 11.3 Å². The smallest absolute Gasteiger partial charge is 0.233 e. The second kappa shape index (κ2) is 7.66. The third-order valence-corrected chi connectivity index (χ3v) is 5.30. The summed E-state index contributed by atoms with van der Waals surface area (Å²) in [5.41, 5.74) is 1.11. The van der Waals surface area contributed by atoms with Crippen LogP contribution >= 0.6 is 27.7 Å². The summed E-state index contributed by atoms with van der Waals surface area (Å²) in [6.45, 7) is 3.93. The fraction of sp³-hybridized carbons (Fsp3) is 0.235. The molecule has 0 aromatic heterocycles. The lowest BCUT2D eigenvalue weighted by atomic mass is 10.1. The van der Waals surface area contributed by atoms with Gasteiger partial charge in [-0.25, -0.2) is 0 Å². The highest BCUT2D eigenvalue weighted by atomic mass is 79.9. The first kappa shape index (κ1) is 16.1. The highest BCUT2D eigenvalue weighted by molar-refractivity contribution is 9.10. The van der Waals surface area contributed by atoms with Gasteiger partial charge < -0.3 is 5.32 Å². The summed E-state index contributed by atoms with van der Waals surface area (Å²) in [7, 11) is 0. The van der Waals surface area contributed by atoms with E-state index in [9.17, 15) is 4.79 Å². The summed E-state index contributed by atoms with van der Waals surface area (Å²) < 4.78 is 1.02. The Labute approximate surface area is 138 Å². The van der Waals surface area contributed by atoms with Crippen LogP contribution < -0.4 is 5.32 Å². The molecule has 0 bridgehead atoms. The lowest BCUT2D eigenvalue weighted by Crippen LogP contribution is -2.33. The third kappa shape index (κ3) is 4.61. The molecule has 0 radical (unpaired) electrons. The Hall–Kier alpha value is -1.26. The van der Waals surface area contributed by atoms with Crippen LogP contribution in [0.15, 0.2) is 64.0 Å². The molecule has 0 heterocycles. The quantitative estimate of drug-likeness (QED) is 0.772. The average molecular weight is 364 g/mol. The molecular weight excluding hydrogens is 346 g/mol. The van der Waals surface area contributed by atoms with Crippen molar-refractivity contribution in [2.75, 3.05) is 0 Å². The zero-order valence-electron chi connectivity index (χ0n) is 12.0. The van der Waals surface area contributed by atoms with Gasteiger partial charge in [-0.15, -0.1) is 11.8 Å². The Morgan fingerprint density at radius 2 is 1.67 bits per heavy atom. The molecule has 21 heavy (non-hydrogen) atoms. The van der Waals surface area contributed by atoms with Crippen LogP contribution in [0.1, 0.15) is 25.5 Å². The number of benzene rings is 2. The molecule has 2 nitrogen and oxygen atoms in total. The van der Waals surface area contributed by atoms with Gasteiger partial charge in [-0.2, -0.15) is 0 Å². The fourth-order valence-corrected chi connectivity index (χ4v) is 3.40. The van der Waals surface area contributed by atoms with E-state index in [-0.39, 0.29) is 17.2 Å². The van der Waals surface area contributed by atoms with E-state index < -0.39 is 0 Å². The molecule has 4 heteroatoms. The highest BCUT2D eigenvalue weighted by Crippen LogP contribution is 2.30. The van der Waals surface area contributed by atoms with Crippen LogP contribution in [0.4, 0.5) is 0 Å². The lowest BCUT2D eigenvalue weighted by Gasteiger charge is -2.18. The molecule has 0 spiro atoms. The number of halogens is 1. The minimum atomic E-state index is -0.144. The van der Waals surface area contributed by atoms with E-state index >= 15 is 0 Å². The van der Waals surface area contributed by atoms with Crippen molar-refractivity contribution in [2.45, 2.75) is 30.0 Å². The van der Waals surface area contributed by atoms with Crippen LogP contribution in [0, 0.1) is 0 Å². The molecule has 2 atom stereocenters. The predicted molar refractivity (Wildman–Crippen MR) is 92.5 cm³/mol. The number of nitrogens with one attached hydrogen (secondary N) is 1. The molecular formula is C17H18BrNOS. The highest BCUT2D eigenvalue weighted by Gasteiger charge is 2.18. The second-order valence-electron chi connectivity index (χ2n) is 4.83. The zero-order chi connectivity index (χ0) is 15.2. The minimum Gasteiger partial charge on any atom is -0.349 e. The van der Waals surface area contributed by atoms with Gasteiger partial charge in [0.1, 0.15) is 0 Å². The van der Waals surface area contributed by atoms with Gasteiger partial charge >= 0.3 is 0 Å². The van der Waals surface area contributed by atoms with E-state index in [0.717, 1.165) is 14.9 Å². The van der Waals surface area contributed by atoms with Crippen molar-refractivity contribution in [2.24, 2.45) is 0 Å². The summed E-state index contributed by atoms with van der Waals surface area (Å²) in [5, 5.41) is 2.92. The maximum atomic E-state index is 12.3. The van der Waals surface area contributed by atoms with Crippen molar-refractivity contribution in [1.82, 2.24) is 5.32 Å². The third-order valence-electron chi connectivity index (χ3n) is 3.17. The number of hydrogen-bond acceptors (Lipinski definition) is 2. The van der Waals surface area contributed by atoms with E-state index in [1.54, 1.807) is 11.8 Å². The van der Waals surface area contributed by atoms with Crippen molar-refractivity contribution < 1.29 is 4.79 Å². The van der Waals surface area contributed by atoms with Crippen molar-refractivity contribution >= 4 is 33.6 Å². The second-order valence-corrected chi connectivity index (χ2v) is 7.07. The van der Waals surface area contributed by atoms with E-state index in [1.807, 2.05) is 68.4 Å². The Kier molecular flexibility index (Phi) is 5.88. The monoisotopic (exact) mass is 363 g/mol. The van der Waals surface area contributed by atoms with E-state index in [1.165, 1.54) is 0 Å². The van der Waals surface area contributed by atoms with Crippen LogP contribution in [-0.4, -0.2) is 11.2 Å². The summed E-state index contributed by atoms with van der Waals surface area (Å²) in [4.78, 5) is 13.4. The summed E-state index contributed by atoms with van der Waals surface area (Å²) >= 11 is 5.07. The van der Waals surface area contributed by atoms with Crippen LogP contribution in [0.2, 0.25) is 0 Å². The number of hydrogen-bond donors (Lipinski definition) is 1. The first-order chi connectivity index (χ1) is 10.1. The standard InChI is InChI=1S/C17H18BrNOS/c1-12(14-8-4-3-5-9-14)19-17(20)13(2)21-16-11-7-6-10-15(16)18/h3-13H,1-2H3,(H,19,20). The van der Waals surface area contributed by atoms with Crippen molar-refractivity contribution in [3.63, 3.8) is 0 Å². The Morgan fingerprint density at radius 1 is 1.05 bits per heavy atom. The van der Waals surface area contributed by atoms with E-state index in [2.05, 4.69) is 21.2 Å². The van der Waals surface area contributed by atoms with Crippen LogP contribution in [0.3, 0.4) is 0 Å². The molecule has 2 aromatic carbocycles. The number of thioether (sulfide) groups is 1. The first-order valence-corrected chi connectivity index (χ1v) is 8.51. The topological polar surface area (TPSA) is 29.1 Å². The molecule has 0 aliphatic rings. The molecule has 0 aliphatic carbocycles. The number of amides is 1. The van der Waals surface area contributed by atoms with Crippen molar-refractivity contribution in [3.8, 4) is 0 Å². The van der Waals surface area contributed by atoms with Gasteiger partial charge in [0.25, 0.3) is 0 Å². The maximum Gasteiger partial charge on any atom is 0.233 e. The molecule has 110 valence electrons. The van der Waals surface area contributed by atoms with Crippen LogP contribution in [-0.2, 0) is 4.79 Å². The lowest BCUT2D eigenvalue weighted by molar-refractivity contribution is -0.120. The Morgan fingerprint density at radius 3 is 2.33 bits per heavy atom. The molecule has 1 amide bonds. The van der Waals surface area contributed by atoms with E-state index in [0.29, 0.717) is 0 Å². The molecule has 0 aliphatic heterocycles. The maximum absolute atomic E-state index is 12.3. The Balaban J connectivity index is 1.95. The number of carbonyl (C=O) groups is 1. The van der Waals surface area contributed by atoms with Gasteiger partial charge in [-0.3, -0.25) is 4.79 Å². The summed E-state index contributed by atoms with van der Waals surface area (Å²) in [6.07, 6.45) is 0. The normalized spacial score (nSPS) is 13.5. The fourth-order valence-electron chi connectivity index (χ4n) is 1.94. The average Bonchev–Trinajstić information content (AvgIpc) is 2.50. The Bertz CT molecular complexity index is 603. The first-order valence-electron chi connectivity index (χ1n) is 6.84. The van der Waals surface area contributed by atoms with Gasteiger partial charge in [0.2, 0.25) is 5.91 Å². The molecule has 2 unspecified atom stereocenters. The molecule has 2 aromatic rings. The molecule has 1 N–H and O–H groups in total. The van der Waals surface area contributed by atoms with Gasteiger partial charge in [0, 0.05) is 9.37 Å². The van der Waals surface area contributed by atoms with Gasteiger partial charge in [-0.1, -0.05) is 42.5 Å². The van der Waals surface area contributed by atoms with Crippen molar-refractivity contribution in [1.29, 1.82) is 0 Å².